The molecule has 0 unspecified atom stereocenters. The molecule has 0 spiro atoms. The second-order valence-corrected chi connectivity index (χ2v) is 6.63. The number of carbonyl (C=O) groups is 1. The van der Waals surface area contributed by atoms with Gasteiger partial charge in [-0.1, -0.05) is 24.3 Å². The van der Waals surface area contributed by atoms with E-state index in [1.54, 1.807) is 18.3 Å². The predicted octanol–water partition coefficient (Wildman–Crippen LogP) is 4.58. The summed E-state index contributed by atoms with van der Waals surface area (Å²) >= 11 is 0. The Morgan fingerprint density at radius 1 is 1.12 bits per heavy atom. The number of aromatic nitrogens is 2. The number of nitrogens with one attached hydrogen (secondary N) is 1. The molecule has 5 heteroatoms. The molecule has 26 heavy (non-hydrogen) atoms. The molecule has 0 fully saturated rings. The smallest absolute Gasteiger partial charge is 0.227 e. The lowest BCUT2D eigenvalue weighted by atomic mass is 9.82. The molecular formula is C21H18FN3O. The Bertz CT molecular complexity index is 969. The first-order valence-electron chi connectivity index (χ1n) is 8.57. The van der Waals surface area contributed by atoms with E-state index in [1.807, 2.05) is 31.2 Å². The average Bonchev–Trinajstić information content (AvgIpc) is 2.62. The highest BCUT2D eigenvalue weighted by atomic mass is 19.1. The van der Waals surface area contributed by atoms with E-state index in [-0.39, 0.29) is 17.5 Å². The molecule has 1 aliphatic carbocycles. The molecule has 0 radical (unpaired) electrons. The summed E-state index contributed by atoms with van der Waals surface area (Å²) in [6.07, 6.45) is 2.63. The SMILES string of the molecule is Cc1cccc(Nc2ncc3c(n2)C[C@@H](c2ccc(F)cc2)CC3=O)c1. The van der Waals surface area contributed by atoms with Crippen LogP contribution in [0.2, 0.25) is 0 Å². The van der Waals surface area contributed by atoms with E-state index in [4.69, 9.17) is 0 Å². The van der Waals surface area contributed by atoms with Crippen LogP contribution in [0.5, 0.6) is 0 Å². The molecule has 2 aromatic carbocycles. The lowest BCUT2D eigenvalue weighted by Crippen LogP contribution is -2.21. The summed E-state index contributed by atoms with van der Waals surface area (Å²) in [6, 6.07) is 14.3. The quantitative estimate of drug-likeness (QED) is 0.753. The first-order chi connectivity index (χ1) is 12.6. The molecule has 1 N–H and O–H groups in total. The normalized spacial score (nSPS) is 16.2. The maximum absolute atomic E-state index is 13.2. The standard InChI is InChI=1S/C21H18FN3O/c1-13-3-2-4-17(9-13)24-21-23-12-18-19(25-21)10-15(11-20(18)26)14-5-7-16(22)8-6-14/h2-9,12,15H,10-11H2,1H3,(H,23,24,25)/t15-/m1/s1. The van der Waals surface area contributed by atoms with E-state index in [2.05, 4.69) is 15.3 Å². The highest BCUT2D eigenvalue weighted by Gasteiger charge is 2.28. The van der Waals surface area contributed by atoms with Gasteiger partial charge in [-0.25, -0.2) is 14.4 Å². The van der Waals surface area contributed by atoms with Gasteiger partial charge in [-0.3, -0.25) is 4.79 Å². The molecule has 4 nitrogen and oxygen atoms in total. The maximum Gasteiger partial charge on any atom is 0.227 e. The van der Waals surface area contributed by atoms with E-state index in [9.17, 15) is 9.18 Å². The van der Waals surface area contributed by atoms with Gasteiger partial charge in [0.15, 0.2) is 5.78 Å². The number of aryl methyl sites for hydroxylation is 1. The van der Waals surface area contributed by atoms with Crippen molar-refractivity contribution < 1.29 is 9.18 Å². The highest BCUT2D eigenvalue weighted by Crippen LogP contribution is 2.32. The van der Waals surface area contributed by atoms with E-state index >= 15 is 0 Å². The minimum Gasteiger partial charge on any atom is -0.324 e. The predicted molar refractivity (Wildman–Crippen MR) is 98.3 cm³/mol. The summed E-state index contributed by atoms with van der Waals surface area (Å²) in [4.78, 5) is 21.3. The Morgan fingerprint density at radius 3 is 2.69 bits per heavy atom. The van der Waals surface area contributed by atoms with E-state index < -0.39 is 0 Å². The number of hydrogen-bond acceptors (Lipinski definition) is 4. The van der Waals surface area contributed by atoms with Crippen molar-refractivity contribution in [3.05, 3.63) is 82.9 Å². The Kier molecular flexibility index (Phi) is 4.21. The van der Waals surface area contributed by atoms with Crippen LogP contribution in [0, 0.1) is 12.7 Å². The van der Waals surface area contributed by atoms with Crippen molar-refractivity contribution >= 4 is 17.4 Å². The van der Waals surface area contributed by atoms with Crippen LogP contribution in [0.15, 0.2) is 54.7 Å². The molecule has 0 saturated heterocycles. The minimum absolute atomic E-state index is 0.0114. The van der Waals surface area contributed by atoms with E-state index in [0.29, 0.717) is 24.4 Å². The Hall–Kier alpha value is -3.08. The lowest BCUT2D eigenvalue weighted by molar-refractivity contribution is 0.0962. The van der Waals surface area contributed by atoms with Gasteiger partial charge >= 0.3 is 0 Å². The van der Waals surface area contributed by atoms with Gasteiger partial charge in [-0.15, -0.1) is 0 Å². The minimum atomic E-state index is -0.275. The number of rotatable bonds is 3. The van der Waals surface area contributed by atoms with Gasteiger partial charge in [0.2, 0.25) is 5.95 Å². The summed E-state index contributed by atoms with van der Waals surface area (Å²) in [5.41, 5.74) is 4.32. The van der Waals surface area contributed by atoms with Crippen LogP contribution in [0.4, 0.5) is 16.0 Å². The van der Waals surface area contributed by atoms with Crippen LogP contribution >= 0.6 is 0 Å². The van der Waals surface area contributed by atoms with Crippen molar-refractivity contribution in [2.45, 2.75) is 25.7 Å². The summed E-state index contributed by atoms with van der Waals surface area (Å²) in [5.74, 6) is 0.241. The molecule has 1 aromatic heterocycles. The fourth-order valence-corrected chi connectivity index (χ4v) is 3.33. The molecule has 0 saturated carbocycles. The molecule has 0 amide bonds. The third-order valence-electron chi connectivity index (χ3n) is 4.66. The fourth-order valence-electron chi connectivity index (χ4n) is 3.33. The van der Waals surface area contributed by atoms with Crippen molar-refractivity contribution in [2.75, 3.05) is 5.32 Å². The molecule has 3 aromatic rings. The largest absolute Gasteiger partial charge is 0.324 e. The van der Waals surface area contributed by atoms with Crippen LogP contribution in [0.3, 0.4) is 0 Å². The number of benzene rings is 2. The van der Waals surface area contributed by atoms with Crippen LogP contribution in [-0.2, 0) is 6.42 Å². The van der Waals surface area contributed by atoms with Gasteiger partial charge in [0.1, 0.15) is 5.82 Å². The molecule has 1 atom stereocenters. The third-order valence-corrected chi connectivity index (χ3v) is 4.66. The molecule has 0 aliphatic heterocycles. The molecule has 0 bridgehead atoms. The van der Waals surface area contributed by atoms with Crippen LogP contribution < -0.4 is 5.32 Å². The van der Waals surface area contributed by atoms with Crippen LogP contribution in [-0.4, -0.2) is 15.8 Å². The zero-order valence-electron chi connectivity index (χ0n) is 14.4. The number of nitrogens with zero attached hydrogens (tertiary/aromatic N) is 2. The van der Waals surface area contributed by atoms with Gasteiger partial charge in [0, 0.05) is 18.3 Å². The van der Waals surface area contributed by atoms with Crippen molar-refractivity contribution in [3.63, 3.8) is 0 Å². The highest BCUT2D eigenvalue weighted by molar-refractivity contribution is 5.98. The molecule has 130 valence electrons. The lowest BCUT2D eigenvalue weighted by Gasteiger charge is -2.23. The maximum atomic E-state index is 13.2. The first kappa shape index (κ1) is 16.4. The number of hydrogen-bond donors (Lipinski definition) is 1. The van der Waals surface area contributed by atoms with E-state index in [1.165, 1.54) is 12.1 Å². The second-order valence-electron chi connectivity index (χ2n) is 6.63. The third kappa shape index (κ3) is 3.33. The van der Waals surface area contributed by atoms with Crippen LogP contribution in [0.25, 0.3) is 0 Å². The molecule has 1 heterocycles. The Labute approximate surface area is 151 Å². The van der Waals surface area contributed by atoms with E-state index in [0.717, 1.165) is 22.5 Å². The summed E-state index contributed by atoms with van der Waals surface area (Å²) < 4.78 is 13.2. The zero-order valence-corrected chi connectivity index (χ0v) is 14.4. The molecular weight excluding hydrogens is 329 g/mol. The summed E-state index contributed by atoms with van der Waals surface area (Å²) in [5, 5.41) is 3.19. The molecule has 4 rings (SSSR count). The average molecular weight is 347 g/mol. The number of anilines is 2. The Balaban J connectivity index is 1.61. The number of ketones is 1. The summed E-state index contributed by atoms with van der Waals surface area (Å²) in [6.45, 7) is 2.02. The molecule has 1 aliphatic rings. The second kappa shape index (κ2) is 6.67. The van der Waals surface area contributed by atoms with Crippen molar-refractivity contribution in [1.29, 1.82) is 0 Å². The van der Waals surface area contributed by atoms with Gasteiger partial charge in [0.05, 0.1) is 11.3 Å². The van der Waals surface area contributed by atoms with Gasteiger partial charge in [-0.05, 0) is 54.7 Å². The van der Waals surface area contributed by atoms with Gasteiger partial charge in [-0.2, -0.15) is 0 Å². The number of Topliss-reactive ketones (excluding diaryl/α,β-unsaturated/α-hetero) is 1. The van der Waals surface area contributed by atoms with Gasteiger partial charge < -0.3 is 5.32 Å². The van der Waals surface area contributed by atoms with Crippen molar-refractivity contribution in [2.24, 2.45) is 0 Å². The van der Waals surface area contributed by atoms with Crippen LogP contribution in [0.1, 0.15) is 39.5 Å². The van der Waals surface area contributed by atoms with Crippen molar-refractivity contribution in [3.8, 4) is 0 Å². The number of fused-ring (bicyclic) bond motifs is 1. The van der Waals surface area contributed by atoms with Crippen molar-refractivity contribution in [1.82, 2.24) is 9.97 Å². The Morgan fingerprint density at radius 2 is 1.92 bits per heavy atom. The number of carbonyl (C=O) groups excluding carboxylic acids is 1. The van der Waals surface area contributed by atoms with Gasteiger partial charge in [0.25, 0.3) is 0 Å². The zero-order chi connectivity index (χ0) is 18.1. The first-order valence-corrected chi connectivity index (χ1v) is 8.57. The fraction of sp³-hybridized carbons (Fsp3) is 0.190. The number of halogens is 1. The summed E-state index contributed by atoms with van der Waals surface area (Å²) in [7, 11) is 0. The topological polar surface area (TPSA) is 54.9 Å². The monoisotopic (exact) mass is 347 g/mol.